The number of nitrogens with one attached hydrogen (secondary N) is 2. The van der Waals surface area contributed by atoms with E-state index >= 15 is 0 Å². The van der Waals surface area contributed by atoms with E-state index in [-0.39, 0.29) is 24.3 Å². The normalized spacial score (nSPS) is 13.8. The zero-order valence-electron chi connectivity index (χ0n) is 19.5. The maximum absolute atomic E-state index is 13.4. The highest BCUT2D eigenvalue weighted by Crippen LogP contribution is 2.32. The van der Waals surface area contributed by atoms with Crippen LogP contribution in [0.3, 0.4) is 0 Å². The van der Waals surface area contributed by atoms with Crippen LogP contribution in [0.5, 0.6) is 5.75 Å². The lowest BCUT2D eigenvalue weighted by Crippen LogP contribution is -2.31. The molecule has 0 aliphatic carbocycles. The Morgan fingerprint density at radius 2 is 1.65 bits per heavy atom. The fourth-order valence-electron chi connectivity index (χ4n) is 3.74. The van der Waals surface area contributed by atoms with Gasteiger partial charge in [0, 0.05) is 30.9 Å². The molecule has 9 nitrogen and oxygen atoms in total. The highest BCUT2D eigenvalue weighted by Gasteiger charge is 2.24. The number of methoxy groups -OCH3 is 1. The van der Waals surface area contributed by atoms with E-state index in [1.54, 1.807) is 43.3 Å². The van der Waals surface area contributed by atoms with Crippen LogP contribution >= 0.6 is 0 Å². The van der Waals surface area contributed by atoms with Gasteiger partial charge in [0.2, 0.25) is 5.91 Å². The fraction of sp³-hybridized carbons (Fsp3) is 0.417. The van der Waals surface area contributed by atoms with Gasteiger partial charge in [0.1, 0.15) is 10.6 Å². The van der Waals surface area contributed by atoms with E-state index in [0.29, 0.717) is 22.8 Å². The Labute approximate surface area is 200 Å². The summed E-state index contributed by atoms with van der Waals surface area (Å²) < 4.78 is 39.4. The van der Waals surface area contributed by atoms with Crippen LogP contribution in [-0.2, 0) is 24.3 Å². The van der Waals surface area contributed by atoms with Crippen LogP contribution in [0.15, 0.2) is 47.4 Å². The molecule has 0 bridgehead atoms. The summed E-state index contributed by atoms with van der Waals surface area (Å²) in [6.45, 7) is 3.47. The van der Waals surface area contributed by atoms with E-state index in [9.17, 15) is 18.0 Å². The van der Waals surface area contributed by atoms with Crippen LogP contribution in [0.25, 0.3) is 0 Å². The summed E-state index contributed by atoms with van der Waals surface area (Å²) in [7, 11) is -2.42. The summed E-state index contributed by atoms with van der Waals surface area (Å²) >= 11 is 0. The van der Waals surface area contributed by atoms with Gasteiger partial charge in [-0.25, -0.2) is 8.42 Å². The van der Waals surface area contributed by atoms with Crippen molar-refractivity contribution in [3.8, 4) is 5.75 Å². The quantitative estimate of drug-likeness (QED) is 0.488. The first-order chi connectivity index (χ1) is 16.3. The molecule has 1 aliphatic rings. The number of hydrogen-bond donors (Lipinski definition) is 2. The van der Waals surface area contributed by atoms with Gasteiger partial charge in [-0.1, -0.05) is 0 Å². The third-order valence-corrected chi connectivity index (χ3v) is 6.84. The van der Waals surface area contributed by atoms with E-state index in [2.05, 4.69) is 14.9 Å². The van der Waals surface area contributed by atoms with Crippen LogP contribution in [-0.4, -0.2) is 47.1 Å². The lowest BCUT2D eigenvalue weighted by molar-refractivity contribution is -0.144. The number of carbonyl (C=O) groups excluding carboxylic acids is 2. The Bertz CT molecular complexity index is 1100. The second kappa shape index (κ2) is 11.7. The Morgan fingerprint density at radius 3 is 2.29 bits per heavy atom. The van der Waals surface area contributed by atoms with E-state index < -0.39 is 21.9 Å². The van der Waals surface area contributed by atoms with Crippen LogP contribution in [0.2, 0.25) is 0 Å². The van der Waals surface area contributed by atoms with E-state index in [1.165, 1.54) is 13.2 Å². The number of ether oxygens (including phenoxy) is 2. The van der Waals surface area contributed by atoms with Gasteiger partial charge in [-0.2, -0.15) is 0 Å². The van der Waals surface area contributed by atoms with Gasteiger partial charge in [-0.15, -0.1) is 0 Å². The minimum atomic E-state index is -3.96. The molecule has 0 spiro atoms. The molecule has 1 fully saturated rings. The average Bonchev–Trinajstić information content (AvgIpc) is 2.84. The molecule has 1 saturated heterocycles. The van der Waals surface area contributed by atoms with E-state index in [0.717, 1.165) is 32.4 Å². The van der Waals surface area contributed by atoms with Crippen LogP contribution in [0, 0.1) is 0 Å². The number of esters is 1. The summed E-state index contributed by atoms with van der Waals surface area (Å²) in [5.74, 6) is -0.236. The molecule has 3 rings (SSSR count). The number of rotatable bonds is 10. The Kier molecular flexibility index (Phi) is 8.75. The molecule has 184 valence electrons. The van der Waals surface area contributed by atoms with Crippen LogP contribution < -0.4 is 19.7 Å². The van der Waals surface area contributed by atoms with Crippen molar-refractivity contribution in [3.05, 3.63) is 42.5 Å². The second-order valence-electron chi connectivity index (χ2n) is 7.92. The monoisotopic (exact) mass is 489 g/mol. The molecule has 1 amide bonds. The number of carbonyl (C=O) groups is 2. The average molecular weight is 490 g/mol. The van der Waals surface area contributed by atoms with Crippen molar-refractivity contribution in [1.29, 1.82) is 0 Å². The Balaban J connectivity index is 1.85. The number of benzene rings is 2. The van der Waals surface area contributed by atoms with Crippen molar-refractivity contribution in [1.82, 2.24) is 0 Å². The summed E-state index contributed by atoms with van der Waals surface area (Å²) in [4.78, 5) is 26.0. The predicted molar refractivity (Wildman–Crippen MR) is 131 cm³/mol. The molecule has 0 aromatic heterocycles. The summed E-state index contributed by atoms with van der Waals surface area (Å²) in [6, 6.07) is 11.4. The molecular weight excluding hydrogens is 458 g/mol. The molecule has 0 radical (unpaired) electrons. The standard InChI is InChI=1S/C24H31N3O6S/c1-3-33-24(29)14-13-23(28)25-19-9-12-21(27-15-5-4-6-16-27)22(17-19)34(30,31)26-18-7-10-20(32-2)11-8-18/h7-12,17,26H,3-6,13-16H2,1-2H3,(H,25,28). The zero-order valence-corrected chi connectivity index (χ0v) is 20.3. The molecule has 2 aromatic rings. The molecule has 2 aromatic carbocycles. The lowest BCUT2D eigenvalue weighted by Gasteiger charge is -2.30. The van der Waals surface area contributed by atoms with Crippen molar-refractivity contribution in [3.63, 3.8) is 0 Å². The number of amides is 1. The molecular formula is C24H31N3O6S. The highest BCUT2D eigenvalue weighted by molar-refractivity contribution is 7.92. The van der Waals surface area contributed by atoms with Gasteiger partial charge < -0.3 is 19.7 Å². The fourth-order valence-corrected chi connectivity index (χ4v) is 5.06. The third-order valence-electron chi connectivity index (χ3n) is 5.43. The molecule has 1 aliphatic heterocycles. The van der Waals surface area contributed by atoms with E-state index in [1.807, 2.05) is 0 Å². The lowest BCUT2D eigenvalue weighted by atomic mass is 10.1. The Morgan fingerprint density at radius 1 is 0.971 bits per heavy atom. The van der Waals surface area contributed by atoms with Crippen LogP contribution in [0.1, 0.15) is 39.0 Å². The van der Waals surface area contributed by atoms with Gasteiger partial charge in [0.25, 0.3) is 10.0 Å². The van der Waals surface area contributed by atoms with E-state index in [4.69, 9.17) is 9.47 Å². The smallest absolute Gasteiger partial charge is 0.306 e. The minimum absolute atomic E-state index is 0.0459. The highest BCUT2D eigenvalue weighted by atomic mass is 32.2. The number of nitrogens with zero attached hydrogens (tertiary/aromatic N) is 1. The molecule has 0 saturated carbocycles. The zero-order chi connectivity index (χ0) is 24.6. The molecule has 10 heteroatoms. The first kappa shape index (κ1) is 25.4. The minimum Gasteiger partial charge on any atom is -0.497 e. The largest absolute Gasteiger partial charge is 0.497 e. The summed E-state index contributed by atoms with van der Waals surface area (Å²) in [5.41, 5.74) is 1.32. The van der Waals surface area contributed by atoms with Crippen molar-refractivity contribution in [2.45, 2.75) is 43.9 Å². The summed E-state index contributed by atoms with van der Waals surface area (Å²) in [6.07, 6.45) is 2.97. The SMILES string of the molecule is CCOC(=O)CCC(=O)Nc1ccc(N2CCCCC2)c(S(=O)(=O)Nc2ccc(OC)cc2)c1. The molecule has 1 heterocycles. The van der Waals surface area contributed by atoms with Crippen molar-refractivity contribution >= 4 is 39.0 Å². The van der Waals surface area contributed by atoms with Gasteiger partial charge in [-0.05, 0) is 68.7 Å². The maximum Gasteiger partial charge on any atom is 0.306 e. The van der Waals surface area contributed by atoms with Gasteiger partial charge in [-0.3, -0.25) is 14.3 Å². The number of sulfonamides is 1. The molecule has 2 N–H and O–H groups in total. The molecule has 0 unspecified atom stereocenters. The van der Waals surface area contributed by atoms with Crippen LogP contribution in [0.4, 0.5) is 17.1 Å². The first-order valence-electron chi connectivity index (χ1n) is 11.3. The van der Waals surface area contributed by atoms with Crippen molar-refractivity contribution in [2.24, 2.45) is 0 Å². The summed E-state index contributed by atoms with van der Waals surface area (Å²) in [5, 5.41) is 2.69. The maximum atomic E-state index is 13.4. The van der Waals surface area contributed by atoms with Gasteiger partial charge in [0.05, 0.1) is 25.8 Å². The molecule has 34 heavy (non-hydrogen) atoms. The van der Waals surface area contributed by atoms with Gasteiger partial charge >= 0.3 is 5.97 Å². The number of hydrogen-bond acceptors (Lipinski definition) is 7. The number of piperidine rings is 1. The molecule has 0 atom stereocenters. The van der Waals surface area contributed by atoms with Crippen molar-refractivity contribution < 1.29 is 27.5 Å². The van der Waals surface area contributed by atoms with Crippen molar-refractivity contribution in [2.75, 3.05) is 41.7 Å². The second-order valence-corrected chi connectivity index (χ2v) is 9.57. The predicted octanol–water partition coefficient (Wildman–Crippen LogP) is 3.77. The van der Waals surface area contributed by atoms with Gasteiger partial charge in [0.15, 0.2) is 0 Å². The first-order valence-corrected chi connectivity index (χ1v) is 12.8. The third kappa shape index (κ3) is 6.86. The number of anilines is 3. The Hall–Kier alpha value is -3.27. The topological polar surface area (TPSA) is 114 Å².